The van der Waals surface area contributed by atoms with Crippen molar-refractivity contribution in [3.63, 3.8) is 0 Å². The summed E-state index contributed by atoms with van der Waals surface area (Å²) in [5, 5.41) is 0. The highest BCUT2D eigenvalue weighted by Gasteiger charge is 2.49. The minimum Gasteiger partial charge on any atom is -0.441 e. The van der Waals surface area contributed by atoms with E-state index in [0.717, 1.165) is 22.4 Å². The van der Waals surface area contributed by atoms with Crippen LogP contribution in [0.3, 0.4) is 0 Å². The van der Waals surface area contributed by atoms with Gasteiger partial charge in [-0.05, 0) is 49.2 Å². The maximum Gasteiger partial charge on any atom is 0.415 e. The van der Waals surface area contributed by atoms with Crippen LogP contribution in [0.4, 0.5) is 16.3 Å². The average Bonchev–Trinajstić information content (AvgIpc) is 3.08. The second-order valence-corrected chi connectivity index (χ2v) is 8.43. The minimum atomic E-state index is -0.664. The topological polar surface area (TPSA) is 94.2 Å². The van der Waals surface area contributed by atoms with Crippen molar-refractivity contribution in [1.82, 2.24) is 15.0 Å². The largest absolute Gasteiger partial charge is 0.441 e. The van der Waals surface area contributed by atoms with E-state index < -0.39 is 5.60 Å². The van der Waals surface area contributed by atoms with Crippen LogP contribution in [0, 0.1) is 0 Å². The Balaban J connectivity index is 1.49. The normalized spacial score (nSPS) is 17.1. The Morgan fingerprint density at radius 1 is 0.909 bits per heavy atom. The fraction of sp³-hybridized carbons (Fsp3) is 0.154. The summed E-state index contributed by atoms with van der Waals surface area (Å²) < 4.78 is 5.72. The number of aromatic nitrogens is 3. The van der Waals surface area contributed by atoms with Crippen LogP contribution in [0.1, 0.15) is 25.5 Å². The molecule has 2 aromatic heterocycles. The Morgan fingerprint density at radius 2 is 1.61 bits per heavy atom. The van der Waals surface area contributed by atoms with Crippen LogP contribution in [-0.2, 0) is 4.74 Å². The van der Waals surface area contributed by atoms with Gasteiger partial charge < -0.3 is 10.5 Å². The molecule has 3 heterocycles. The molecule has 1 atom stereocenters. The number of hydrogen-bond acceptors (Lipinski definition) is 6. The molecule has 2 N–H and O–H groups in total. The predicted octanol–water partition coefficient (Wildman–Crippen LogP) is 5.26. The first-order valence-electron chi connectivity index (χ1n) is 10.6. The van der Waals surface area contributed by atoms with Crippen LogP contribution in [0.2, 0.25) is 0 Å². The third kappa shape index (κ3) is 3.78. The summed E-state index contributed by atoms with van der Waals surface area (Å²) in [6, 6.07) is 21.1. The van der Waals surface area contributed by atoms with Crippen molar-refractivity contribution in [1.29, 1.82) is 0 Å². The molecule has 0 radical (unpaired) electrons. The molecule has 4 aromatic rings. The summed E-state index contributed by atoms with van der Waals surface area (Å²) in [5.74, 6) is 0.892. The highest BCUT2D eigenvalue weighted by molar-refractivity contribution is 5.92. The lowest BCUT2D eigenvalue weighted by molar-refractivity contribution is 0.0685. The number of nitrogens with zero attached hydrogens (tertiary/aromatic N) is 4. The fourth-order valence-corrected chi connectivity index (χ4v) is 4.25. The molecule has 7 heteroatoms. The molecule has 1 aliphatic heterocycles. The third-order valence-electron chi connectivity index (χ3n) is 5.78. The Labute approximate surface area is 191 Å². The molecule has 33 heavy (non-hydrogen) atoms. The molecule has 5 rings (SSSR count). The van der Waals surface area contributed by atoms with E-state index in [4.69, 9.17) is 10.5 Å². The van der Waals surface area contributed by atoms with E-state index in [9.17, 15) is 4.79 Å². The van der Waals surface area contributed by atoms with Crippen LogP contribution in [0.15, 0.2) is 85.3 Å². The van der Waals surface area contributed by atoms with E-state index >= 15 is 0 Å². The SMILES string of the molecule is CC1(C)OC(=O)N(c2ccc(-c3cnc(N)c(-c4ncccn4)c3)cc2)C1c1ccccc1. The van der Waals surface area contributed by atoms with Crippen molar-refractivity contribution in [2.24, 2.45) is 0 Å². The molecule has 1 saturated heterocycles. The number of carbonyl (C=O) groups is 1. The molecule has 0 aliphatic carbocycles. The molecular formula is C26H23N5O2. The number of anilines is 2. The minimum absolute atomic E-state index is 0.239. The standard InChI is InChI=1S/C26H23N5O2/c1-26(2)22(18-7-4-3-5-8-18)31(25(32)33-26)20-11-9-17(10-12-20)19-15-21(23(27)30-16-19)24-28-13-6-14-29-24/h3-16,22H,1-2H3,(H2,27,30). The average molecular weight is 438 g/mol. The van der Waals surface area contributed by atoms with Crippen LogP contribution in [0.5, 0.6) is 0 Å². The van der Waals surface area contributed by atoms with Gasteiger partial charge in [-0.1, -0.05) is 42.5 Å². The molecule has 0 bridgehead atoms. The molecule has 1 aliphatic rings. The Morgan fingerprint density at radius 3 is 2.30 bits per heavy atom. The first-order chi connectivity index (χ1) is 15.9. The van der Waals surface area contributed by atoms with Gasteiger partial charge in [0.25, 0.3) is 0 Å². The van der Waals surface area contributed by atoms with Gasteiger partial charge in [0.15, 0.2) is 5.82 Å². The second-order valence-electron chi connectivity index (χ2n) is 8.43. The Hall–Kier alpha value is -4.26. The quantitative estimate of drug-likeness (QED) is 0.468. The van der Waals surface area contributed by atoms with Gasteiger partial charge in [0.1, 0.15) is 17.5 Å². The van der Waals surface area contributed by atoms with Crippen molar-refractivity contribution >= 4 is 17.6 Å². The summed E-state index contributed by atoms with van der Waals surface area (Å²) in [4.78, 5) is 27.4. The van der Waals surface area contributed by atoms with Gasteiger partial charge in [-0.2, -0.15) is 0 Å². The first-order valence-corrected chi connectivity index (χ1v) is 10.6. The van der Waals surface area contributed by atoms with Crippen molar-refractivity contribution in [2.75, 3.05) is 10.6 Å². The molecule has 0 saturated carbocycles. The van der Waals surface area contributed by atoms with Gasteiger partial charge in [0, 0.05) is 29.8 Å². The van der Waals surface area contributed by atoms with E-state index in [1.807, 2.05) is 74.5 Å². The number of ether oxygens (including phenoxy) is 1. The zero-order valence-corrected chi connectivity index (χ0v) is 18.3. The smallest absolute Gasteiger partial charge is 0.415 e. The van der Waals surface area contributed by atoms with Crippen LogP contribution in [-0.4, -0.2) is 26.6 Å². The Bertz CT molecular complexity index is 1290. The number of carbonyl (C=O) groups excluding carboxylic acids is 1. The summed E-state index contributed by atoms with van der Waals surface area (Å²) in [7, 11) is 0. The van der Waals surface area contributed by atoms with Crippen LogP contribution >= 0.6 is 0 Å². The lowest BCUT2D eigenvalue weighted by atomic mass is 9.91. The van der Waals surface area contributed by atoms with Gasteiger partial charge in [-0.3, -0.25) is 4.90 Å². The molecule has 7 nitrogen and oxygen atoms in total. The number of benzene rings is 2. The van der Waals surface area contributed by atoms with E-state index in [1.54, 1.807) is 29.6 Å². The third-order valence-corrected chi connectivity index (χ3v) is 5.78. The van der Waals surface area contributed by atoms with Crippen LogP contribution < -0.4 is 10.6 Å². The maximum atomic E-state index is 12.8. The number of nitrogen functional groups attached to an aromatic ring is 1. The summed E-state index contributed by atoms with van der Waals surface area (Å²) >= 11 is 0. The number of nitrogens with two attached hydrogens (primary N) is 1. The van der Waals surface area contributed by atoms with Crippen molar-refractivity contribution < 1.29 is 9.53 Å². The van der Waals surface area contributed by atoms with Gasteiger partial charge in [0.05, 0.1) is 5.56 Å². The zero-order chi connectivity index (χ0) is 23.0. The van der Waals surface area contributed by atoms with E-state index in [0.29, 0.717) is 17.2 Å². The van der Waals surface area contributed by atoms with Gasteiger partial charge in [0.2, 0.25) is 0 Å². The van der Waals surface area contributed by atoms with E-state index in [1.165, 1.54) is 0 Å². The molecule has 0 spiro atoms. The molecule has 2 aromatic carbocycles. The zero-order valence-electron chi connectivity index (χ0n) is 18.3. The second kappa shape index (κ2) is 8.02. The lowest BCUT2D eigenvalue weighted by Crippen LogP contribution is -2.33. The maximum absolute atomic E-state index is 12.8. The highest BCUT2D eigenvalue weighted by atomic mass is 16.6. The molecule has 1 unspecified atom stereocenters. The Kier molecular flexibility index (Phi) is 5.01. The molecular weight excluding hydrogens is 414 g/mol. The van der Waals surface area contributed by atoms with Gasteiger partial charge in [-0.25, -0.2) is 19.7 Å². The van der Waals surface area contributed by atoms with Crippen molar-refractivity contribution in [2.45, 2.75) is 25.5 Å². The lowest BCUT2D eigenvalue weighted by Gasteiger charge is -2.29. The summed E-state index contributed by atoms with van der Waals surface area (Å²) in [6.45, 7) is 3.87. The monoisotopic (exact) mass is 437 g/mol. The number of cyclic esters (lactones) is 1. The van der Waals surface area contributed by atoms with Gasteiger partial charge in [-0.15, -0.1) is 0 Å². The van der Waals surface area contributed by atoms with E-state index in [-0.39, 0.29) is 12.1 Å². The van der Waals surface area contributed by atoms with Crippen molar-refractivity contribution in [3.05, 3.63) is 90.9 Å². The van der Waals surface area contributed by atoms with E-state index in [2.05, 4.69) is 15.0 Å². The number of amides is 1. The number of pyridine rings is 1. The molecule has 1 fully saturated rings. The summed E-state index contributed by atoms with van der Waals surface area (Å²) in [6.07, 6.45) is 4.70. The van der Waals surface area contributed by atoms with Gasteiger partial charge >= 0.3 is 6.09 Å². The fourth-order valence-electron chi connectivity index (χ4n) is 4.25. The summed E-state index contributed by atoms with van der Waals surface area (Å²) in [5.41, 5.74) is 9.67. The number of hydrogen-bond donors (Lipinski definition) is 1. The predicted molar refractivity (Wildman–Crippen MR) is 127 cm³/mol. The highest BCUT2D eigenvalue weighted by Crippen LogP contribution is 2.44. The first kappa shape index (κ1) is 20.6. The molecule has 164 valence electrons. The van der Waals surface area contributed by atoms with Crippen molar-refractivity contribution in [3.8, 4) is 22.5 Å². The van der Waals surface area contributed by atoms with Crippen LogP contribution in [0.25, 0.3) is 22.5 Å². The molecule has 1 amide bonds. The number of rotatable bonds is 4.